The first kappa shape index (κ1) is 31.9. The van der Waals surface area contributed by atoms with Crippen molar-refractivity contribution in [2.24, 2.45) is 10.3 Å². The molecule has 0 saturated heterocycles. The van der Waals surface area contributed by atoms with Crippen LogP contribution in [0, 0.1) is 0 Å². The SMILES string of the molecule is CC(C)(C)c1cc(/C=N\NC(=O)CO/N=C\c2cc(C(C)(C)C)c(O)c(C(C)(C)C)c2)cc(C(C)(C)C)c1O. The molecule has 0 heterocycles. The number of carbonyl (C=O) groups excluding carboxylic acids is 1. The standard InChI is InChI=1S/C32H47N3O4/c1-29(2,3)22-13-20(14-23(27(22)37)30(4,5)6)17-33-35-26(36)19-39-34-18-21-15-24(31(7,8)9)28(38)25(16-21)32(10,11)12/h13-18,37-38H,19H2,1-12H3,(H,35,36)/b33-17-,34-18-. The van der Waals surface area contributed by atoms with Crippen LogP contribution in [0.1, 0.15) is 116 Å². The zero-order chi connectivity index (χ0) is 30.0. The van der Waals surface area contributed by atoms with E-state index in [1.54, 1.807) is 12.4 Å². The van der Waals surface area contributed by atoms with Crippen LogP contribution in [0.2, 0.25) is 0 Å². The molecule has 2 rings (SSSR count). The number of nitrogens with one attached hydrogen (secondary N) is 1. The molecule has 0 spiro atoms. The average Bonchev–Trinajstić information content (AvgIpc) is 2.75. The van der Waals surface area contributed by atoms with Crippen molar-refractivity contribution in [3.63, 3.8) is 0 Å². The van der Waals surface area contributed by atoms with Crippen LogP contribution < -0.4 is 5.43 Å². The second kappa shape index (κ2) is 11.4. The highest BCUT2D eigenvalue weighted by atomic mass is 16.6. The van der Waals surface area contributed by atoms with Gasteiger partial charge >= 0.3 is 0 Å². The Morgan fingerprint density at radius 2 is 1.03 bits per heavy atom. The molecule has 0 saturated carbocycles. The van der Waals surface area contributed by atoms with E-state index in [1.165, 1.54) is 0 Å². The molecule has 1 amide bonds. The monoisotopic (exact) mass is 537 g/mol. The van der Waals surface area contributed by atoms with E-state index in [0.717, 1.165) is 33.4 Å². The molecule has 0 atom stereocenters. The molecule has 2 aromatic carbocycles. The van der Waals surface area contributed by atoms with Crippen LogP contribution in [-0.2, 0) is 31.3 Å². The summed E-state index contributed by atoms with van der Waals surface area (Å²) in [7, 11) is 0. The minimum atomic E-state index is -0.453. The third-order valence-electron chi connectivity index (χ3n) is 6.37. The lowest BCUT2D eigenvalue weighted by Gasteiger charge is -2.27. The fraction of sp³-hybridized carbons (Fsp3) is 0.531. The summed E-state index contributed by atoms with van der Waals surface area (Å²) >= 11 is 0. The summed E-state index contributed by atoms with van der Waals surface area (Å²) < 4.78 is 0. The Morgan fingerprint density at radius 3 is 1.36 bits per heavy atom. The first-order valence-electron chi connectivity index (χ1n) is 13.4. The molecule has 0 aliphatic heterocycles. The van der Waals surface area contributed by atoms with Gasteiger partial charge in [0.15, 0.2) is 6.61 Å². The molecule has 7 nitrogen and oxygen atoms in total. The van der Waals surface area contributed by atoms with Gasteiger partial charge in [-0.2, -0.15) is 5.10 Å². The van der Waals surface area contributed by atoms with Crippen molar-refractivity contribution in [3.8, 4) is 11.5 Å². The summed E-state index contributed by atoms with van der Waals surface area (Å²) in [5.41, 5.74) is 6.25. The molecule has 0 fully saturated rings. The number of hydrogen-bond donors (Lipinski definition) is 3. The molecular weight excluding hydrogens is 490 g/mol. The van der Waals surface area contributed by atoms with Gasteiger partial charge in [0.1, 0.15) is 11.5 Å². The lowest BCUT2D eigenvalue weighted by molar-refractivity contribution is -0.125. The lowest BCUT2D eigenvalue weighted by atomic mass is 9.78. The van der Waals surface area contributed by atoms with Crippen molar-refractivity contribution in [2.75, 3.05) is 6.61 Å². The summed E-state index contributed by atoms with van der Waals surface area (Å²) in [6.45, 7) is 24.2. The maximum absolute atomic E-state index is 12.3. The van der Waals surface area contributed by atoms with Crippen LogP contribution in [0.4, 0.5) is 0 Å². The molecule has 2 aromatic rings. The first-order valence-corrected chi connectivity index (χ1v) is 13.4. The van der Waals surface area contributed by atoms with Crippen LogP contribution in [0.15, 0.2) is 34.5 Å². The van der Waals surface area contributed by atoms with Gasteiger partial charge in [0, 0.05) is 22.3 Å². The van der Waals surface area contributed by atoms with E-state index < -0.39 is 5.91 Å². The topological polar surface area (TPSA) is 104 Å². The van der Waals surface area contributed by atoms with Crippen molar-refractivity contribution in [3.05, 3.63) is 57.6 Å². The van der Waals surface area contributed by atoms with Gasteiger partial charge in [0.2, 0.25) is 0 Å². The van der Waals surface area contributed by atoms with Crippen molar-refractivity contribution in [1.82, 2.24) is 5.43 Å². The maximum atomic E-state index is 12.3. The molecule has 39 heavy (non-hydrogen) atoms. The number of nitrogens with zero attached hydrogens (tertiary/aromatic N) is 2. The van der Waals surface area contributed by atoms with Gasteiger partial charge in [0.25, 0.3) is 5.91 Å². The van der Waals surface area contributed by atoms with E-state index in [1.807, 2.05) is 107 Å². The van der Waals surface area contributed by atoms with Gasteiger partial charge in [-0.1, -0.05) is 88.2 Å². The second-order valence-corrected chi connectivity index (χ2v) is 14.2. The van der Waals surface area contributed by atoms with Gasteiger partial charge in [-0.25, -0.2) is 5.43 Å². The van der Waals surface area contributed by atoms with Crippen molar-refractivity contribution < 1.29 is 19.8 Å². The smallest absolute Gasteiger partial charge is 0.280 e. The number of carbonyl (C=O) groups is 1. The van der Waals surface area contributed by atoms with E-state index in [4.69, 9.17) is 4.84 Å². The number of rotatable bonds is 6. The predicted molar refractivity (Wildman–Crippen MR) is 160 cm³/mol. The van der Waals surface area contributed by atoms with E-state index >= 15 is 0 Å². The van der Waals surface area contributed by atoms with Gasteiger partial charge in [-0.15, -0.1) is 0 Å². The van der Waals surface area contributed by atoms with E-state index in [-0.39, 0.29) is 28.3 Å². The number of phenolic OH excluding ortho intramolecular Hbond substituents is 2. The number of hydrogen-bond acceptors (Lipinski definition) is 6. The van der Waals surface area contributed by atoms with Gasteiger partial charge in [0.05, 0.1) is 12.4 Å². The molecule has 214 valence electrons. The summed E-state index contributed by atoms with van der Waals surface area (Å²) in [6.07, 6.45) is 3.10. The molecule has 0 radical (unpaired) electrons. The Morgan fingerprint density at radius 1 is 0.692 bits per heavy atom. The third-order valence-corrected chi connectivity index (χ3v) is 6.37. The Balaban J connectivity index is 2.12. The largest absolute Gasteiger partial charge is 0.507 e. The number of amides is 1. The van der Waals surface area contributed by atoms with Crippen molar-refractivity contribution in [2.45, 2.75) is 105 Å². The van der Waals surface area contributed by atoms with Gasteiger partial charge < -0.3 is 15.1 Å². The van der Waals surface area contributed by atoms with Crippen molar-refractivity contribution >= 4 is 18.3 Å². The Hall–Kier alpha value is -3.35. The molecule has 0 aromatic heterocycles. The molecule has 0 aliphatic carbocycles. The lowest BCUT2D eigenvalue weighted by Crippen LogP contribution is -2.22. The van der Waals surface area contributed by atoms with Crippen LogP contribution >= 0.6 is 0 Å². The normalized spacial score (nSPS) is 13.3. The van der Waals surface area contributed by atoms with Gasteiger partial charge in [-0.05, 0) is 57.1 Å². The molecule has 3 N–H and O–H groups in total. The highest BCUT2D eigenvalue weighted by Crippen LogP contribution is 2.40. The second-order valence-electron chi connectivity index (χ2n) is 14.2. The van der Waals surface area contributed by atoms with Crippen LogP contribution in [-0.4, -0.2) is 35.2 Å². The van der Waals surface area contributed by atoms with Gasteiger partial charge in [-0.3, -0.25) is 4.79 Å². The van der Waals surface area contributed by atoms with E-state index in [0.29, 0.717) is 11.5 Å². The van der Waals surface area contributed by atoms with E-state index in [2.05, 4.69) is 15.7 Å². The minimum Gasteiger partial charge on any atom is -0.507 e. The fourth-order valence-electron chi connectivity index (χ4n) is 4.15. The molecule has 0 aliphatic rings. The zero-order valence-corrected chi connectivity index (χ0v) is 25.8. The molecule has 0 bridgehead atoms. The number of benzene rings is 2. The Bertz CT molecular complexity index is 1180. The first-order chi connectivity index (χ1) is 17.6. The van der Waals surface area contributed by atoms with Crippen LogP contribution in [0.5, 0.6) is 11.5 Å². The summed E-state index contributed by atoms with van der Waals surface area (Å²) in [5, 5.41) is 29.8. The quantitative estimate of drug-likeness (QED) is 0.279. The summed E-state index contributed by atoms with van der Waals surface area (Å²) in [5.74, 6) is 0.134. The van der Waals surface area contributed by atoms with Crippen LogP contribution in [0.3, 0.4) is 0 Å². The highest BCUT2D eigenvalue weighted by molar-refractivity contribution is 5.84. The number of aromatic hydroxyl groups is 2. The fourth-order valence-corrected chi connectivity index (χ4v) is 4.15. The number of hydrazone groups is 1. The van der Waals surface area contributed by atoms with Crippen LogP contribution in [0.25, 0.3) is 0 Å². The predicted octanol–water partition coefficient (Wildman–Crippen LogP) is 6.79. The number of oxime groups is 1. The minimum absolute atomic E-state index is 0.258. The Labute approximate surface area is 234 Å². The highest BCUT2D eigenvalue weighted by Gasteiger charge is 2.27. The zero-order valence-electron chi connectivity index (χ0n) is 25.8. The Kier molecular flexibility index (Phi) is 9.32. The average molecular weight is 538 g/mol. The number of phenols is 2. The summed E-state index contributed by atoms with van der Waals surface area (Å²) in [4.78, 5) is 17.5. The molecule has 7 heteroatoms. The summed E-state index contributed by atoms with van der Waals surface area (Å²) in [6, 6.07) is 7.54. The molecule has 0 unspecified atom stereocenters. The van der Waals surface area contributed by atoms with E-state index in [9.17, 15) is 15.0 Å². The third kappa shape index (κ3) is 8.57. The maximum Gasteiger partial charge on any atom is 0.280 e. The molecular formula is C32H47N3O4. The van der Waals surface area contributed by atoms with Crippen molar-refractivity contribution in [1.29, 1.82) is 0 Å².